The van der Waals surface area contributed by atoms with Crippen LogP contribution in [-0.4, -0.2) is 38.5 Å². The summed E-state index contributed by atoms with van der Waals surface area (Å²) in [6.07, 6.45) is 0. The molecule has 0 spiro atoms. The summed E-state index contributed by atoms with van der Waals surface area (Å²) in [5, 5.41) is 13.2. The molecule has 1 aliphatic heterocycles. The fourth-order valence-electron chi connectivity index (χ4n) is 2.07. The van der Waals surface area contributed by atoms with Crippen molar-refractivity contribution >= 4 is 5.69 Å². The highest BCUT2D eigenvalue weighted by Gasteiger charge is 2.14. The lowest BCUT2D eigenvalue weighted by Crippen LogP contribution is -2.36. The Hall–Kier alpha value is -1.26. The van der Waals surface area contributed by atoms with E-state index < -0.39 is 0 Å². The number of hydrogen-bond acceptors (Lipinski definition) is 4. The van der Waals surface area contributed by atoms with Gasteiger partial charge in [0.2, 0.25) is 0 Å². The van der Waals surface area contributed by atoms with Crippen molar-refractivity contribution < 1.29 is 9.84 Å². The third-order valence-electron chi connectivity index (χ3n) is 3.29. The van der Waals surface area contributed by atoms with E-state index in [0.717, 1.165) is 37.6 Å². The summed E-state index contributed by atoms with van der Waals surface area (Å²) in [5.74, 6) is 0.357. The van der Waals surface area contributed by atoms with Gasteiger partial charge in [-0.3, -0.25) is 0 Å². The predicted molar refractivity (Wildman–Crippen MR) is 68.6 cm³/mol. The number of phenols is 1. The van der Waals surface area contributed by atoms with E-state index in [4.69, 9.17) is 4.74 Å². The first kappa shape index (κ1) is 12.2. The minimum atomic E-state index is 0.161. The molecule has 1 fully saturated rings. The van der Waals surface area contributed by atoms with Gasteiger partial charge in [-0.25, -0.2) is 0 Å². The summed E-state index contributed by atoms with van der Waals surface area (Å²) in [4.78, 5) is 2.23. The summed E-state index contributed by atoms with van der Waals surface area (Å²) < 4.78 is 5.32. The second kappa shape index (κ2) is 5.38. The zero-order valence-electron chi connectivity index (χ0n) is 10.4. The van der Waals surface area contributed by atoms with Crippen LogP contribution in [0.3, 0.4) is 0 Å². The highest BCUT2D eigenvalue weighted by Crippen LogP contribution is 2.29. The summed E-state index contributed by atoms with van der Waals surface area (Å²) in [6, 6.07) is 6.05. The molecular weight excluding hydrogens is 216 g/mol. The lowest BCUT2D eigenvalue weighted by molar-refractivity contribution is 0.122. The molecule has 1 unspecified atom stereocenters. The van der Waals surface area contributed by atoms with Gasteiger partial charge in [0.15, 0.2) is 0 Å². The Morgan fingerprint density at radius 2 is 2.06 bits per heavy atom. The number of morpholine rings is 1. The van der Waals surface area contributed by atoms with E-state index in [0.29, 0.717) is 5.75 Å². The quantitative estimate of drug-likeness (QED) is 0.835. The fourth-order valence-corrected chi connectivity index (χ4v) is 2.07. The molecule has 2 N–H and O–H groups in total. The third kappa shape index (κ3) is 2.70. The second-order valence-corrected chi connectivity index (χ2v) is 4.35. The van der Waals surface area contributed by atoms with Crippen molar-refractivity contribution in [2.24, 2.45) is 0 Å². The van der Waals surface area contributed by atoms with Crippen molar-refractivity contribution in [2.45, 2.75) is 13.0 Å². The molecule has 4 heteroatoms. The van der Waals surface area contributed by atoms with Crippen LogP contribution in [0, 0.1) is 0 Å². The van der Waals surface area contributed by atoms with Gasteiger partial charge in [-0.05, 0) is 20.0 Å². The fraction of sp³-hybridized carbons (Fsp3) is 0.538. The van der Waals surface area contributed by atoms with Crippen molar-refractivity contribution in [3.05, 3.63) is 23.8 Å². The van der Waals surface area contributed by atoms with Gasteiger partial charge >= 0.3 is 0 Å². The average molecular weight is 236 g/mol. The molecule has 1 heterocycles. The van der Waals surface area contributed by atoms with Gasteiger partial charge in [-0.15, -0.1) is 0 Å². The summed E-state index contributed by atoms with van der Waals surface area (Å²) in [5.41, 5.74) is 2.00. The van der Waals surface area contributed by atoms with Gasteiger partial charge in [0.25, 0.3) is 0 Å². The highest BCUT2D eigenvalue weighted by atomic mass is 16.5. The van der Waals surface area contributed by atoms with E-state index in [1.54, 1.807) is 0 Å². The molecule has 1 aromatic rings. The molecule has 0 bridgehead atoms. The molecule has 2 rings (SSSR count). The number of nitrogens with one attached hydrogen (secondary N) is 1. The van der Waals surface area contributed by atoms with Gasteiger partial charge in [0, 0.05) is 36.4 Å². The van der Waals surface area contributed by atoms with Crippen LogP contribution < -0.4 is 10.2 Å². The number of phenolic OH excluding ortho intramolecular Hbond substituents is 1. The molecule has 1 aromatic carbocycles. The minimum Gasteiger partial charge on any atom is -0.508 e. The normalized spacial score (nSPS) is 18.1. The number of benzene rings is 1. The number of aromatic hydroxyl groups is 1. The Balaban J connectivity index is 2.17. The molecule has 1 atom stereocenters. The smallest absolute Gasteiger partial charge is 0.122 e. The van der Waals surface area contributed by atoms with Crippen LogP contribution in [0.1, 0.15) is 18.5 Å². The van der Waals surface area contributed by atoms with Crippen LogP contribution in [0.5, 0.6) is 5.75 Å². The largest absolute Gasteiger partial charge is 0.508 e. The first-order valence-corrected chi connectivity index (χ1v) is 6.05. The predicted octanol–water partition coefficient (Wildman–Crippen LogP) is 1.51. The number of hydrogen-bond donors (Lipinski definition) is 2. The van der Waals surface area contributed by atoms with Crippen molar-refractivity contribution in [1.82, 2.24) is 5.32 Å². The molecule has 1 saturated heterocycles. The zero-order valence-corrected chi connectivity index (χ0v) is 10.4. The van der Waals surface area contributed by atoms with Crippen molar-refractivity contribution in [2.75, 3.05) is 38.3 Å². The van der Waals surface area contributed by atoms with Crippen LogP contribution in [0.4, 0.5) is 5.69 Å². The molecule has 1 aliphatic rings. The Morgan fingerprint density at radius 1 is 1.35 bits per heavy atom. The topological polar surface area (TPSA) is 44.7 Å². The van der Waals surface area contributed by atoms with E-state index in [1.165, 1.54) is 0 Å². The van der Waals surface area contributed by atoms with Crippen LogP contribution in [0.15, 0.2) is 18.2 Å². The maximum Gasteiger partial charge on any atom is 0.122 e. The molecule has 0 amide bonds. The maximum atomic E-state index is 10.0. The lowest BCUT2D eigenvalue weighted by atomic mass is 10.1. The summed E-state index contributed by atoms with van der Waals surface area (Å²) in [7, 11) is 1.89. The first-order valence-electron chi connectivity index (χ1n) is 6.05. The SMILES string of the molecule is CNC(C)c1ccc(N2CCOCC2)cc1O. The molecule has 0 radical (unpaired) electrons. The lowest BCUT2D eigenvalue weighted by Gasteiger charge is -2.29. The molecule has 94 valence electrons. The van der Waals surface area contributed by atoms with Gasteiger partial charge < -0.3 is 20.1 Å². The number of anilines is 1. The van der Waals surface area contributed by atoms with Crippen LogP contribution in [0.2, 0.25) is 0 Å². The molecule has 4 nitrogen and oxygen atoms in total. The van der Waals surface area contributed by atoms with Crippen LogP contribution in [-0.2, 0) is 4.74 Å². The first-order chi connectivity index (χ1) is 8.22. The zero-order chi connectivity index (χ0) is 12.3. The Labute approximate surface area is 102 Å². The van der Waals surface area contributed by atoms with Gasteiger partial charge in [-0.1, -0.05) is 6.07 Å². The Bertz CT molecular complexity index is 376. The molecule has 0 saturated carbocycles. The molecule has 0 aliphatic carbocycles. The van der Waals surface area contributed by atoms with Crippen molar-refractivity contribution in [3.63, 3.8) is 0 Å². The van der Waals surface area contributed by atoms with E-state index in [9.17, 15) is 5.11 Å². The molecular formula is C13H20N2O2. The van der Waals surface area contributed by atoms with E-state index in [-0.39, 0.29) is 6.04 Å². The maximum absolute atomic E-state index is 10.0. The van der Waals surface area contributed by atoms with E-state index in [1.807, 2.05) is 26.1 Å². The minimum absolute atomic E-state index is 0.161. The van der Waals surface area contributed by atoms with E-state index in [2.05, 4.69) is 16.3 Å². The highest BCUT2D eigenvalue weighted by molar-refractivity contribution is 5.54. The Kier molecular flexibility index (Phi) is 3.86. The van der Waals surface area contributed by atoms with E-state index >= 15 is 0 Å². The van der Waals surface area contributed by atoms with Crippen LogP contribution in [0.25, 0.3) is 0 Å². The third-order valence-corrected chi connectivity index (χ3v) is 3.29. The molecule has 17 heavy (non-hydrogen) atoms. The van der Waals surface area contributed by atoms with Crippen molar-refractivity contribution in [3.8, 4) is 5.75 Å². The monoisotopic (exact) mass is 236 g/mol. The number of nitrogens with zero attached hydrogens (tertiary/aromatic N) is 1. The van der Waals surface area contributed by atoms with Crippen LogP contribution >= 0.6 is 0 Å². The molecule has 0 aromatic heterocycles. The number of rotatable bonds is 3. The summed E-state index contributed by atoms with van der Waals surface area (Å²) in [6.45, 7) is 5.33. The Morgan fingerprint density at radius 3 is 2.65 bits per heavy atom. The standard InChI is InChI=1S/C13H20N2O2/c1-10(14-2)12-4-3-11(9-13(12)16)15-5-7-17-8-6-15/h3-4,9-10,14,16H,5-8H2,1-2H3. The van der Waals surface area contributed by atoms with Gasteiger partial charge in [0.05, 0.1) is 13.2 Å². The summed E-state index contributed by atoms with van der Waals surface area (Å²) >= 11 is 0. The number of ether oxygens (including phenoxy) is 1. The van der Waals surface area contributed by atoms with Gasteiger partial charge in [-0.2, -0.15) is 0 Å². The second-order valence-electron chi connectivity index (χ2n) is 4.35. The van der Waals surface area contributed by atoms with Gasteiger partial charge in [0.1, 0.15) is 5.75 Å². The van der Waals surface area contributed by atoms with Crippen molar-refractivity contribution in [1.29, 1.82) is 0 Å². The average Bonchev–Trinajstić information content (AvgIpc) is 2.39.